The van der Waals surface area contributed by atoms with Crippen LogP contribution in [0.4, 0.5) is 0 Å². The number of rotatable bonds is 5. The van der Waals surface area contributed by atoms with Gasteiger partial charge in [-0.15, -0.1) is 0 Å². The summed E-state index contributed by atoms with van der Waals surface area (Å²) in [5.74, 6) is 0. The summed E-state index contributed by atoms with van der Waals surface area (Å²) in [6.07, 6.45) is 5.57. The molecule has 106 valence electrons. The summed E-state index contributed by atoms with van der Waals surface area (Å²) in [7, 11) is 0. The average Bonchev–Trinajstić information content (AvgIpc) is 3.03. The molecule has 0 aliphatic carbocycles. The van der Waals surface area contributed by atoms with Crippen molar-refractivity contribution in [2.45, 2.75) is 19.5 Å². The lowest BCUT2D eigenvalue weighted by Gasteiger charge is -2.13. The largest absolute Gasteiger partial charge is 0.306 e. The topological polar surface area (TPSA) is 53.6 Å². The smallest absolute Gasteiger partial charge is 0.0695 e. The maximum absolute atomic E-state index is 4.17. The van der Waals surface area contributed by atoms with Crippen LogP contribution in [0.15, 0.2) is 61.1 Å². The normalized spacial score (nSPS) is 12.2. The Kier molecular flexibility index (Phi) is 4.07. The van der Waals surface area contributed by atoms with E-state index in [1.54, 1.807) is 6.20 Å². The molecule has 0 saturated carbocycles. The van der Waals surface area contributed by atoms with Gasteiger partial charge < -0.3 is 5.32 Å². The molecule has 3 rings (SSSR count). The quantitative estimate of drug-likeness (QED) is 0.752. The van der Waals surface area contributed by atoms with Crippen LogP contribution in [0.1, 0.15) is 24.1 Å². The van der Waals surface area contributed by atoms with E-state index in [1.165, 1.54) is 5.56 Å². The van der Waals surface area contributed by atoms with Crippen LogP contribution in [0, 0.1) is 0 Å². The van der Waals surface area contributed by atoms with Gasteiger partial charge in [0.1, 0.15) is 0 Å². The van der Waals surface area contributed by atoms with E-state index in [2.05, 4.69) is 45.6 Å². The van der Waals surface area contributed by atoms with E-state index in [9.17, 15) is 0 Å². The Morgan fingerprint density at radius 2 is 1.95 bits per heavy atom. The van der Waals surface area contributed by atoms with E-state index < -0.39 is 0 Å². The molecule has 0 amide bonds. The Morgan fingerprint density at radius 1 is 1.10 bits per heavy atom. The molecule has 4 nitrogen and oxygen atoms in total. The molecule has 2 heterocycles. The minimum Gasteiger partial charge on any atom is -0.306 e. The summed E-state index contributed by atoms with van der Waals surface area (Å²) in [5.41, 5.74) is 4.57. The van der Waals surface area contributed by atoms with Gasteiger partial charge in [-0.3, -0.25) is 10.1 Å². The molecule has 2 aromatic heterocycles. The van der Waals surface area contributed by atoms with E-state index in [4.69, 9.17) is 0 Å². The molecule has 0 spiro atoms. The second-order valence-corrected chi connectivity index (χ2v) is 5.03. The fourth-order valence-electron chi connectivity index (χ4n) is 2.31. The van der Waals surface area contributed by atoms with Crippen LogP contribution in [0.3, 0.4) is 0 Å². The van der Waals surface area contributed by atoms with E-state index in [0.717, 1.165) is 23.4 Å². The molecule has 4 heteroatoms. The first-order chi connectivity index (χ1) is 10.3. The number of hydrogen-bond acceptors (Lipinski definition) is 3. The number of H-pyrrole nitrogens is 1. The third-order valence-electron chi connectivity index (χ3n) is 3.56. The first kappa shape index (κ1) is 13.5. The van der Waals surface area contributed by atoms with Gasteiger partial charge >= 0.3 is 0 Å². The van der Waals surface area contributed by atoms with Gasteiger partial charge in [-0.1, -0.05) is 36.4 Å². The Labute approximate surface area is 124 Å². The number of aromatic amines is 1. The van der Waals surface area contributed by atoms with Crippen molar-refractivity contribution in [3.63, 3.8) is 0 Å². The van der Waals surface area contributed by atoms with Crippen LogP contribution >= 0.6 is 0 Å². The monoisotopic (exact) mass is 278 g/mol. The van der Waals surface area contributed by atoms with Crippen molar-refractivity contribution in [2.24, 2.45) is 0 Å². The zero-order valence-corrected chi connectivity index (χ0v) is 12.0. The van der Waals surface area contributed by atoms with Gasteiger partial charge in [0.05, 0.1) is 11.9 Å². The Hall–Kier alpha value is -2.46. The van der Waals surface area contributed by atoms with Crippen LogP contribution < -0.4 is 5.32 Å². The van der Waals surface area contributed by atoms with Crippen LogP contribution in [0.2, 0.25) is 0 Å². The molecule has 1 aromatic carbocycles. The zero-order valence-electron chi connectivity index (χ0n) is 12.0. The number of hydrogen-bond donors (Lipinski definition) is 2. The molecule has 3 aromatic rings. The number of aromatic nitrogens is 3. The Morgan fingerprint density at radius 3 is 2.71 bits per heavy atom. The van der Waals surface area contributed by atoms with Crippen molar-refractivity contribution in [3.8, 4) is 11.3 Å². The van der Waals surface area contributed by atoms with E-state index in [0.29, 0.717) is 0 Å². The predicted octanol–water partition coefficient (Wildman–Crippen LogP) is 3.32. The van der Waals surface area contributed by atoms with Crippen molar-refractivity contribution in [3.05, 3.63) is 72.2 Å². The molecule has 21 heavy (non-hydrogen) atoms. The van der Waals surface area contributed by atoms with Crippen molar-refractivity contribution < 1.29 is 0 Å². The van der Waals surface area contributed by atoms with Crippen molar-refractivity contribution in [1.29, 1.82) is 0 Å². The summed E-state index contributed by atoms with van der Waals surface area (Å²) in [4.78, 5) is 4.16. The SMILES string of the molecule is CC(NCc1cn[nH]c1-c1ccccc1)c1cccnc1. The molecule has 0 radical (unpaired) electrons. The van der Waals surface area contributed by atoms with E-state index in [-0.39, 0.29) is 6.04 Å². The number of pyridine rings is 1. The summed E-state index contributed by atoms with van der Waals surface area (Å²) < 4.78 is 0. The summed E-state index contributed by atoms with van der Waals surface area (Å²) >= 11 is 0. The predicted molar refractivity (Wildman–Crippen MR) is 83.5 cm³/mol. The van der Waals surface area contributed by atoms with Gasteiger partial charge in [0.2, 0.25) is 0 Å². The van der Waals surface area contributed by atoms with E-state index in [1.807, 2.05) is 36.7 Å². The minimum atomic E-state index is 0.247. The van der Waals surface area contributed by atoms with Crippen LogP contribution in [-0.2, 0) is 6.54 Å². The van der Waals surface area contributed by atoms with Crippen molar-refractivity contribution >= 4 is 0 Å². The van der Waals surface area contributed by atoms with Crippen molar-refractivity contribution in [1.82, 2.24) is 20.5 Å². The van der Waals surface area contributed by atoms with Gasteiger partial charge in [-0.25, -0.2) is 0 Å². The van der Waals surface area contributed by atoms with Gasteiger partial charge in [0.15, 0.2) is 0 Å². The van der Waals surface area contributed by atoms with Crippen LogP contribution in [0.25, 0.3) is 11.3 Å². The molecule has 0 fully saturated rings. The van der Waals surface area contributed by atoms with Gasteiger partial charge in [-0.05, 0) is 24.1 Å². The highest BCUT2D eigenvalue weighted by molar-refractivity contribution is 5.62. The second kappa shape index (κ2) is 6.33. The lowest BCUT2D eigenvalue weighted by molar-refractivity contribution is 0.573. The number of nitrogens with one attached hydrogen (secondary N) is 2. The molecule has 0 aliphatic heterocycles. The Bertz CT molecular complexity index is 676. The van der Waals surface area contributed by atoms with Gasteiger partial charge in [0.25, 0.3) is 0 Å². The lowest BCUT2D eigenvalue weighted by Crippen LogP contribution is -2.18. The third-order valence-corrected chi connectivity index (χ3v) is 3.56. The highest BCUT2D eigenvalue weighted by atomic mass is 15.1. The van der Waals surface area contributed by atoms with Crippen molar-refractivity contribution in [2.75, 3.05) is 0 Å². The fraction of sp³-hybridized carbons (Fsp3) is 0.176. The van der Waals surface area contributed by atoms with Gasteiger partial charge in [-0.2, -0.15) is 5.10 Å². The van der Waals surface area contributed by atoms with Crippen LogP contribution in [0.5, 0.6) is 0 Å². The second-order valence-electron chi connectivity index (χ2n) is 5.03. The summed E-state index contributed by atoms with van der Waals surface area (Å²) in [6.45, 7) is 2.90. The lowest BCUT2D eigenvalue weighted by atomic mass is 10.1. The standard InChI is InChI=1S/C17H18N4/c1-13(15-8-5-9-18-10-15)19-11-16-12-20-21-17(16)14-6-3-2-4-7-14/h2-10,12-13,19H,11H2,1H3,(H,20,21). The number of benzene rings is 1. The molecule has 0 saturated heterocycles. The summed E-state index contributed by atoms with van der Waals surface area (Å²) in [6, 6.07) is 14.5. The van der Waals surface area contributed by atoms with E-state index >= 15 is 0 Å². The average molecular weight is 278 g/mol. The zero-order chi connectivity index (χ0) is 14.5. The highest BCUT2D eigenvalue weighted by Gasteiger charge is 2.09. The third kappa shape index (κ3) is 3.17. The molecule has 0 aliphatic rings. The minimum absolute atomic E-state index is 0.247. The van der Waals surface area contributed by atoms with Gasteiger partial charge in [0, 0.05) is 30.5 Å². The molecule has 1 unspecified atom stereocenters. The molecular weight excluding hydrogens is 260 g/mol. The molecular formula is C17H18N4. The molecule has 2 N–H and O–H groups in total. The first-order valence-electron chi connectivity index (χ1n) is 7.05. The fourth-order valence-corrected chi connectivity index (χ4v) is 2.31. The molecule has 1 atom stereocenters. The maximum atomic E-state index is 4.17. The molecule has 0 bridgehead atoms. The number of nitrogens with zero attached hydrogens (tertiary/aromatic N) is 2. The first-order valence-corrected chi connectivity index (χ1v) is 7.05. The summed E-state index contributed by atoms with van der Waals surface area (Å²) in [5, 5.41) is 10.8. The maximum Gasteiger partial charge on any atom is 0.0695 e. The highest BCUT2D eigenvalue weighted by Crippen LogP contribution is 2.21. The van der Waals surface area contributed by atoms with Crippen LogP contribution in [-0.4, -0.2) is 15.2 Å². The Balaban J connectivity index is 1.71.